The van der Waals surface area contributed by atoms with Gasteiger partial charge >= 0.3 is 0 Å². The number of aromatic nitrogens is 6. The number of aryl methyl sites for hydroxylation is 3. The zero-order chi connectivity index (χ0) is 21.0. The predicted octanol–water partition coefficient (Wildman–Crippen LogP) is 5.50. The highest BCUT2D eigenvalue weighted by molar-refractivity contribution is 9.10. The summed E-state index contributed by atoms with van der Waals surface area (Å²) in [4.78, 5) is 11.8. The Bertz CT molecular complexity index is 1410. The van der Waals surface area contributed by atoms with Crippen LogP contribution in [0.25, 0.3) is 27.3 Å². The summed E-state index contributed by atoms with van der Waals surface area (Å²) in [5.74, 6) is 0.714. The highest BCUT2D eigenvalue weighted by Gasteiger charge is 2.17. The molecule has 5 aromatic rings. The third kappa shape index (κ3) is 3.06. The summed E-state index contributed by atoms with van der Waals surface area (Å²) in [6.07, 6.45) is 2.73. The molecule has 0 aliphatic carbocycles. The second kappa shape index (κ2) is 7.28. The standard InChI is InChI=1S/C22H21BrN6S/c1-5-17-14(4)30-22-18(17)21-25-20(27-29(21)11-24-22)16-8-6-7-15(9-16)10-28-13(3)19(23)12(2)26-28/h6-9,11H,5,10H2,1-4H3. The van der Waals surface area contributed by atoms with Crippen molar-refractivity contribution in [2.75, 3.05) is 0 Å². The van der Waals surface area contributed by atoms with E-state index < -0.39 is 0 Å². The van der Waals surface area contributed by atoms with Crippen molar-refractivity contribution in [3.05, 3.63) is 62.5 Å². The number of fused-ring (bicyclic) bond motifs is 3. The average molecular weight is 481 g/mol. The van der Waals surface area contributed by atoms with Gasteiger partial charge in [-0.3, -0.25) is 4.68 Å². The second-order valence-corrected chi connectivity index (χ2v) is 9.46. The lowest BCUT2D eigenvalue weighted by Crippen LogP contribution is -2.04. The Morgan fingerprint density at radius 2 is 1.97 bits per heavy atom. The van der Waals surface area contributed by atoms with E-state index in [0.29, 0.717) is 12.4 Å². The Morgan fingerprint density at radius 3 is 2.70 bits per heavy atom. The van der Waals surface area contributed by atoms with E-state index in [1.165, 1.54) is 10.4 Å². The molecule has 0 fully saturated rings. The molecule has 0 amide bonds. The van der Waals surface area contributed by atoms with Gasteiger partial charge in [0.25, 0.3) is 0 Å². The second-order valence-electron chi connectivity index (χ2n) is 7.46. The minimum absolute atomic E-state index is 0.703. The maximum Gasteiger partial charge on any atom is 0.182 e. The van der Waals surface area contributed by atoms with E-state index in [2.05, 4.69) is 71.0 Å². The fraction of sp³-hybridized carbons (Fsp3) is 0.273. The molecule has 8 heteroatoms. The summed E-state index contributed by atoms with van der Waals surface area (Å²) in [6.45, 7) is 9.12. The Hall–Kier alpha value is -2.58. The molecular formula is C22H21BrN6S. The van der Waals surface area contributed by atoms with Gasteiger partial charge in [0.05, 0.1) is 27.8 Å². The highest BCUT2D eigenvalue weighted by atomic mass is 79.9. The summed E-state index contributed by atoms with van der Waals surface area (Å²) in [6, 6.07) is 8.36. The molecule has 0 saturated carbocycles. The molecule has 0 spiro atoms. The topological polar surface area (TPSA) is 60.9 Å². The molecule has 0 aliphatic rings. The summed E-state index contributed by atoms with van der Waals surface area (Å²) >= 11 is 5.33. The zero-order valence-electron chi connectivity index (χ0n) is 17.3. The van der Waals surface area contributed by atoms with Crippen molar-refractivity contribution in [1.29, 1.82) is 0 Å². The molecule has 0 radical (unpaired) electrons. The summed E-state index contributed by atoms with van der Waals surface area (Å²) in [5, 5.41) is 10.5. The van der Waals surface area contributed by atoms with Crippen LogP contribution in [0.15, 0.2) is 35.1 Å². The molecule has 4 aromatic heterocycles. The molecule has 0 N–H and O–H groups in total. The van der Waals surface area contributed by atoms with Crippen molar-refractivity contribution in [3.8, 4) is 11.4 Å². The van der Waals surface area contributed by atoms with E-state index >= 15 is 0 Å². The number of hydrogen-bond donors (Lipinski definition) is 0. The van der Waals surface area contributed by atoms with Crippen LogP contribution in [-0.2, 0) is 13.0 Å². The van der Waals surface area contributed by atoms with Gasteiger partial charge in [-0.1, -0.05) is 25.1 Å². The van der Waals surface area contributed by atoms with Gasteiger partial charge in [-0.2, -0.15) is 5.10 Å². The predicted molar refractivity (Wildman–Crippen MR) is 124 cm³/mol. The molecular weight excluding hydrogens is 460 g/mol. The van der Waals surface area contributed by atoms with Crippen LogP contribution in [-0.4, -0.2) is 29.4 Å². The van der Waals surface area contributed by atoms with Gasteiger partial charge in [0.15, 0.2) is 11.5 Å². The summed E-state index contributed by atoms with van der Waals surface area (Å²) in [7, 11) is 0. The van der Waals surface area contributed by atoms with Gasteiger partial charge in [0, 0.05) is 10.4 Å². The number of benzene rings is 1. The molecule has 6 nitrogen and oxygen atoms in total. The molecule has 0 saturated heterocycles. The molecule has 0 atom stereocenters. The van der Waals surface area contributed by atoms with E-state index in [1.807, 2.05) is 11.6 Å². The van der Waals surface area contributed by atoms with Crippen LogP contribution in [0.3, 0.4) is 0 Å². The van der Waals surface area contributed by atoms with Crippen molar-refractivity contribution >= 4 is 43.1 Å². The molecule has 30 heavy (non-hydrogen) atoms. The van der Waals surface area contributed by atoms with Gasteiger partial charge in [0.2, 0.25) is 0 Å². The normalized spacial score (nSPS) is 11.8. The Balaban J connectivity index is 1.58. The van der Waals surface area contributed by atoms with Gasteiger partial charge in [-0.15, -0.1) is 16.4 Å². The maximum atomic E-state index is 4.91. The monoisotopic (exact) mass is 480 g/mol. The van der Waals surface area contributed by atoms with Crippen LogP contribution in [0.4, 0.5) is 0 Å². The van der Waals surface area contributed by atoms with Crippen molar-refractivity contribution in [2.24, 2.45) is 0 Å². The SMILES string of the molecule is CCc1c(C)sc2ncn3nc(-c4cccc(Cn5nc(C)c(Br)c5C)c4)nc3c12. The van der Waals surface area contributed by atoms with Crippen LogP contribution in [0.1, 0.15) is 34.3 Å². The van der Waals surface area contributed by atoms with E-state index in [0.717, 1.165) is 49.3 Å². The Labute approximate surface area is 186 Å². The quantitative estimate of drug-likeness (QED) is 0.340. The van der Waals surface area contributed by atoms with Crippen LogP contribution in [0.5, 0.6) is 0 Å². The molecule has 5 rings (SSSR count). The van der Waals surface area contributed by atoms with Crippen LogP contribution in [0, 0.1) is 20.8 Å². The van der Waals surface area contributed by atoms with E-state index in [-0.39, 0.29) is 0 Å². The molecule has 0 unspecified atom stereocenters. The lowest BCUT2D eigenvalue weighted by molar-refractivity contribution is 0.659. The summed E-state index contributed by atoms with van der Waals surface area (Å²) < 4.78 is 4.88. The Kier molecular flexibility index (Phi) is 4.71. The van der Waals surface area contributed by atoms with Crippen molar-refractivity contribution in [2.45, 2.75) is 40.7 Å². The maximum absolute atomic E-state index is 4.91. The van der Waals surface area contributed by atoms with Gasteiger partial charge in [-0.05, 0) is 60.3 Å². The van der Waals surface area contributed by atoms with E-state index in [9.17, 15) is 0 Å². The van der Waals surface area contributed by atoms with Gasteiger partial charge < -0.3 is 0 Å². The molecule has 0 aliphatic heterocycles. The van der Waals surface area contributed by atoms with Crippen molar-refractivity contribution in [1.82, 2.24) is 29.4 Å². The first kappa shape index (κ1) is 19.4. The first-order valence-corrected chi connectivity index (χ1v) is 11.5. The number of thiophene rings is 1. The molecule has 0 bridgehead atoms. The zero-order valence-corrected chi connectivity index (χ0v) is 19.7. The molecule has 152 valence electrons. The minimum Gasteiger partial charge on any atom is -0.264 e. The van der Waals surface area contributed by atoms with E-state index in [1.54, 1.807) is 22.2 Å². The van der Waals surface area contributed by atoms with Gasteiger partial charge in [-0.25, -0.2) is 14.5 Å². The van der Waals surface area contributed by atoms with Gasteiger partial charge in [0.1, 0.15) is 11.2 Å². The third-order valence-electron chi connectivity index (χ3n) is 5.49. The van der Waals surface area contributed by atoms with Crippen molar-refractivity contribution < 1.29 is 0 Å². The first-order chi connectivity index (χ1) is 14.5. The Morgan fingerprint density at radius 1 is 1.13 bits per heavy atom. The highest BCUT2D eigenvalue weighted by Crippen LogP contribution is 2.33. The minimum atomic E-state index is 0.703. The third-order valence-corrected chi connectivity index (χ3v) is 7.70. The average Bonchev–Trinajstić information content (AvgIpc) is 3.38. The number of hydrogen-bond acceptors (Lipinski definition) is 5. The number of rotatable bonds is 4. The number of halogens is 1. The first-order valence-electron chi connectivity index (χ1n) is 9.88. The summed E-state index contributed by atoms with van der Waals surface area (Å²) in [5.41, 5.74) is 6.47. The largest absolute Gasteiger partial charge is 0.264 e. The lowest BCUT2D eigenvalue weighted by Gasteiger charge is -2.06. The van der Waals surface area contributed by atoms with Crippen LogP contribution < -0.4 is 0 Å². The molecule has 1 aromatic carbocycles. The fourth-order valence-electron chi connectivity index (χ4n) is 3.92. The smallest absolute Gasteiger partial charge is 0.182 e. The molecule has 4 heterocycles. The van der Waals surface area contributed by atoms with Crippen molar-refractivity contribution in [3.63, 3.8) is 0 Å². The van der Waals surface area contributed by atoms with Crippen LogP contribution in [0.2, 0.25) is 0 Å². The number of nitrogens with zero attached hydrogens (tertiary/aromatic N) is 6. The van der Waals surface area contributed by atoms with E-state index in [4.69, 9.17) is 10.1 Å². The van der Waals surface area contributed by atoms with Crippen LogP contribution >= 0.6 is 27.3 Å². The fourth-order valence-corrected chi connectivity index (χ4v) is 5.28. The lowest BCUT2D eigenvalue weighted by atomic mass is 10.1.